The van der Waals surface area contributed by atoms with Crippen LogP contribution in [0.4, 0.5) is 0 Å². The molecule has 0 saturated carbocycles. The van der Waals surface area contributed by atoms with Gasteiger partial charge < -0.3 is 4.74 Å². The molecule has 160 valence electrons. The summed E-state index contributed by atoms with van der Waals surface area (Å²) in [7, 11) is -2.05. The van der Waals surface area contributed by atoms with Crippen molar-refractivity contribution < 1.29 is 13.2 Å². The van der Waals surface area contributed by atoms with Crippen molar-refractivity contribution in [3.63, 3.8) is 0 Å². The second-order valence-corrected chi connectivity index (χ2v) is 9.99. The minimum atomic E-state index is -3.69. The number of sulfonamides is 1. The minimum absolute atomic E-state index is 0.115. The van der Waals surface area contributed by atoms with Crippen LogP contribution < -0.4 is 4.74 Å². The second-order valence-electron chi connectivity index (χ2n) is 7.76. The van der Waals surface area contributed by atoms with Gasteiger partial charge in [-0.25, -0.2) is 8.42 Å². The highest BCUT2D eigenvalue weighted by Crippen LogP contribution is 2.35. The predicted molar refractivity (Wildman–Crippen MR) is 112 cm³/mol. The molecule has 4 rings (SSSR count). The van der Waals surface area contributed by atoms with Gasteiger partial charge in [-0.2, -0.15) is 14.7 Å². The van der Waals surface area contributed by atoms with Crippen LogP contribution in [0.15, 0.2) is 29.2 Å². The second kappa shape index (κ2) is 8.19. The van der Waals surface area contributed by atoms with Crippen LogP contribution >= 0.6 is 11.6 Å². The summed E-state index contributed by atoms with van der Waals surface area (Å²) in [5.74, 6) is 0.726. The zero-order valence-corrected chi connectivity index (χ0v) is 18.5. The van der Waals surface area contributed by atoms with E-state index in [-0.39, 0.29) is 22.1 Å². The van der Waals surface area contributed by atoms with E-state index < -0.39 is 10.0 Å². The number of nitrogens with zero attached hydrogens (tertiary/aromatic N) is 5. The Morgan fingerprint density at radius 3 is 2.40 bits per heavy atom. The van der Waals surface area contributed by atoms with E-state index in [2.05, 4.69) is 16.1 Å². The van der Waals surface area contributed by atoms with Crippen LogP contribution in [0.25, 0.3) is 0 Å². The zero-order valence-electron chi connectivity index (χ0n) is 17.0. The van der Waals surface area contributed by atoms with Crippen LogP contribution in [0.3, 0.4) is 0 Å². The van der Waals surface area contributed by atoms with E-state index in [4.69, 9.17) is 21.6 Å². The molecule has 0 aliphatic carbocycles. The van der Waals surface area contributed by atoms with E-state index in [0.717, 1.165) is 25.1 Å². The first-order valence-corrected chi connectivity index (χ1v) is 11.7. The van der Waals surface area contributed by atoms with Gasteiger partial charge in [-0.15, -0.1) is 0 Å². The summed E-state index contributed by atoms with van der Waals surface area (Å²) in [6.45, 7) is 3.81. The van der Waals surface area contributed by atoms with Crippen molar-refractivity contribution in [1.82, 2.24) is 19.0 Å². The van der Waals surface area contributed by atoms with E-state index in [1.807, 2.05) is 0 Å². The number of piperazine rings is 1. The maximum atomic E-state index is 13.2. The summed E-state index contributed by atoms with van der Waals surface area (Å²) in [4.78, 5) is 2.47. The number of aromatic nitrogens is 2. The van der Waals surface area contributed by atoms with Crippen molar-refractivity contribution in [3.8, 4) is 11.8 Å². The smallest absolute Gasteiger partial charge is 0.248 e. The maximum Gasteiger partial charge on any atom is 0.248 e. The van der Waals surface area contributed by atoms with E-state index >= 15 is 0 Å². The minimum Gasteiger partial charge on any atom is -0.492 e. The summed E-state index contributed by atoms with van der Waals surface area (Å²) in [5, 5.41) is 13.2. The lowest BCUT2D eigenvalue weighted by molar-refractivity contribution is 0.0927. The van der Waals surface area contributed by atoms with Gasteiger partial charge in [-0.05, 0) is 44.0 Å². The van der Waals surface area contributed by atoms with Crippen LogP contribution in [-0.4, -0.2) is 65.7 Å². The van der Waals surface area contributed by atoms with Gasteiger partial charge in [0.15, 0.2) is 0 Å². The van der Waals surface area contributed by atoms with E-state index in [1.165, 1.54) is 4.68 Å². The number of halogens is 1. The summed E-state index contributed by atoms with van der Waals surface area (Å²) in [6, 6.07) is 9.46. The largest absolute Gasteiger partial charge is 0.492 e. The Labute approximate surface area is 181 Å². The van der Waals surface area contributed by atoms with Gasteiger partial charge in [0, 0.05) is 38.8 Å². The lowest BCUT2D eigenvalue weighted by Crippen LogP contribution is -2.56. The highest BCUT2D eigenvalue weighted by atomic mass is 35.5. The third-order valence-corrected chi connectivity index (χ3v) is 8.43. The van der Waals surface area contributed by atoms with Crippen LogP contribution in [0.2, 0.25) is 5.15 Å². The molecule has 10 heteroatoms. The average Bonchev–Trinajstić information content (AvgIpc) is 3.11. The number of benzene rings is 1. The number of fused-ring (bicyclic) bond motifs is 2. The summed E-state index contributed by atoms with van der Waals surface area (Å²) in [6.07, 6.45) is 1.93. The van der Waals surface area contributed by atoms with Crippen molar-refractivity contribution in [1.29, 1.82) is 5.26 Å². The predicted octanol–water partition coefficient (Wildman–Crippen LogP) is 2.17. The third kappa shape index (κ3) is 3.81. The molecule has 2 aliphatic heterocycles. The lowest BCUT2D eigenvalue weighted by Gasteiger charge is -2.40. The summed E-state index contributed by atoms with van der Waals surface area (Å²) in [5.41, 5.74) is 1.02. The van der Waals surface area contributed by atoms with Crippen molar-refractivity contribution in [3.05, 3.63) is 40.7 Å². The topological polar surface area (TPSA) is 91.5 Å². The third-order valence-electron chi connectivity index (χ3n) is 5.90. The number of rotatable bonds is 6. The highest BCUT2D eigenvalue weighted by Gasteiger charge is 2.44. The zero-order chi connectivity index (χ0) is 21.5. The first-order chi connectivity index (χ1) is 14.3. The molecule has 2 unspecified atom stereocenters. The lowest BCUT2D eigenvalue weighted by atomic mass is 10.2. The molecule has 1 aromatic heterocycles. The molecule has 30 heavy (non-hydrogen) atoms. The molecule has 3 heterocycles. The molecule has 0 N–H and O–H groups in total. The average molecular weight is 450 g/mol. The van der Waals surface area contributed by atoms with Crippen molar-refractivity contribution >= 4 is 21.6 Å². The molecule has 2 saturated heterocycles. The van der Waals surface area contributed by atoms with Gasteiger partial charge in [0.25, 0.3) is 0 Å². The van der Waals surface area contributed by atoms with E-state index in [0.29, 0.717) is 31.0 Å². The normalized spacial score (nSPS) is 22.2. The van der Waals surface area contributed by atoms with Gasteiger partial charge in [-0.1, -0.05) is 11.6 Å². The number of nitriles is 1. The highest BCUT2D eigenvalue weighted by molar-refractivity contribution is 7.89. The number of hydrogen-bond acceptors (Lipinski definition) is 6. The SMILES string of the molecule is Cc1nn(C)c(Cl)c1S(=O)(=O)N1CC2CCC(C1)N2CCOc1ccc(C#N)cc1. The number of hydrogen-bond donors (Lipinski definition) is 0. The van der Waals surface area contributed by atoms with Gasteiger partial charge in [0.05, 0.1) is 17.3 Å². The molecule has 2 aromatic rings. The molecule has 8 nitrogen and oxygen atoms in total. The quantitative estimate of drug-likeness (QED) is 0.671. The maximum absolute atomic E-state index is 13.2. The molecule has 2 bridgehead atoms. The Hall–Kier alpha value is -2.12. The summed E-state index contributed by atoms with van der Waals surface area (Å²) < 4.78 is 35.3. The molecule has 2 aliphatic rings. The fourth-order valence-electron chi connectivity index (χ4n) is 4.44. The van der Waals surface area contributed by atoms with Crippen LogP contribution in [0.5, 0.6) is 5.75 Å². The Kier molecular flexibility index (Phi) is 5.77. The fourth-order valence-corrected chi connectivity index (χ4v) is 6.66. The molecular weight excluding hydrogens is 426 g/mol. The molecule has 0 spiro atoms. The molecule has 2 atom stereocenters. The molecule has 1 aromatic carbocycles. The monoisotopic (exact) mass is 449 g/mol. The molecule has 0 amide bonds. The Morgan fingerprint density at radius 1 is 1.23 bits per heavy atom. The molecule has 0 radical (unpaired) electrons. The van der Waals surface area contributed by atoms with Gasteiger partial charge >= 0.3 is 0 Å². The standard InChI is InChI=1S/C20H24ClN5O3S/c1-14-19(20(21)24(2)23-14)30(27,28)25-12-16-5-6-17(13-25)26(16)9-10-29-18-7-3-15(11-22)4-8-18/h3-4,7-8,16-17H,5-6,9-10,12-13H2,1-2H3. The van der Waals surface area contributed by atoms with Crippen molar-refractivity contribution in [2.75, 3.05) is 26.2 Å². The van der Waals surface area contributed by atoms with Gasteiger partial charge in [0.2, 0.25) is 10.0 Å². The number of aryl methyl sites for hydroxylation is 2. The van der Waals surface area contributed by atoms with Crippen molar-refractivity contribution in [2.45, 2.75) is 36.7 Å². The van der Waals surface area contributed by atoms with Gasteiger partial charge in [-0.3, -0.25) is 9.58 Å². The Bertz CT molecular complexity index is 1060. The molecular formula is C20H24ClN5O3S. The van der Waals surface area contributed by atoms with Crippen LogP contribution in [0.1, 0.15) is 24.1 Å². The van der Waals surface area contributed by atoms with Crippen LogP contribution in [0, 0.1) is 18.3 Å². The van der Waals surface area contributed by atoms with E-state index in [9.17, 15) is 8.42 Å². The first kappa shape index (κ1) is 21.1. The van der Waals surface area contributed by atoms with Crippen molar-refractivity contribution in [2.24, 2.45) is 7.05 Å². The summed E-state index contributed by atoms with van der Waals surface area (Å²) >= 11 is 6.23. The first-order valence-electron chi connectivity index (χ1n) is 9.89. The van der Waals surface area contributed by atoms with Gasteiger partial charge in [0.1, 0.15) is 22.4 Å². The van der Waals surface area contributed by atoms with Crippen LogP contribution in [-0.2, 0) is 17.1 Å². The van der Waals surface area contributed by atoms with E-state index in [1.54, 1.807) is 42.5 Å². The number of ether oxygens (including phenoxy) is 1. The fraction of sp³-hybridized carbons (Fsp3) is 0.500. The molecule has 2 fully saturated rings. The Morgan fingerprint density at radius 2 is 1.87 bits per heavy atom. The Balaban J connectivity index is 1.40.